The van der Waals surface area contributed by atoms with Gasteiger partial charge in [-0.2, -0.15) is 0 Å². The topological polar surface area (TPSA) is 25.4 Å². The van der Waals surface area contributed by atoms with Crippen LogP contribution in [0.1, 0.15) is 6.92 Å². The maximum absolute atomic E-state index is 5.28. The molecule has 78 valence electrons. The molecule has 0 spiro atoms. The SMILES string of the molecule is CCOCCN(C)c1cncc(Br)c1. The van der Waals surface area contributed by atoms with E-state index < -0.39 is 0 Å². The van der Waals surface area contributed by atoms with Crippen LogP contribution in [0.2, 0.25) is 0 Å². The van der Waals surface area contributed by atoms with Crippen molar-refractivity contribution in [2.75, 3.05) is 31.7 Å². The summed E-state index contributed by atoms with van der Waals surface area (Å²) in [5, 5.41) is 0. The lowest BCUT2D eigenvalue weighted by Gasteiger charge is -2.18. The molecule has 0 aliphatic carbocycles. The van der Waals surface area contributed by atoms with Crippen molar-refractivity contribution in [3.63, 3.8) is 0 Å². The summed E-state index contributed by atoms with van der Waals surface area (Å²) in [5.74, 6) is 0. The van der Waals surface area contributed by atoms with Crippen molar-refractivity contribution < 1.29 is 4.74 Å². The van der Waals surface area contributed by atoms with E-state index >= 15 is 0 Å². The Kier molecular flexibility index (Phi) is 4.90. The summed E-state index contributed by atoms with van der Waals surface area (Å²) in [4.78, 5) is 6.22. The van der Waals surface area contributed by atoms with Gasteiger partial charge in [0.25, 0.3) is 0 Å². The Labute approximate surface area is 93.2 Å². The molecule has 0 N–H and O–H groups in total. The molecule has 0 aliphatic rings. The zero-order valence-corrected chi connectivity index (χ0v) is 10.1. The molecule has 0 radical (unpaired) electrons. The second-order valence-corrected chi connectivity index (χ2v) is 3.90. The number of hydrogen-bond donors (Lipinski definition) is 0. The van der Waals surface area contributed by atoms with Gasteiger partial charge in [-0.25, -0.2) is 0 Å². The van der Waals surface area contributed by atoms with E-state index in [9.17, 15) is 0 Å². The van der Waals surface area contributed by atoms with Crippen LogP contribution in [-0.2, 0) is 4.74 Å². The largest absolute Gasteiger partial charge is 0.380 e. The third-order valence-corrected chi connectivity index (χ3v) is 2.34. The number of likely N-dealkylation sites (N-methyl/N-ethyl adjacent to an activating group) is 1. The zero-order valence-electron chi connectivity index (χ0n) is 8.53. The van der Waals surface area contributed by atoms with Crippen LogP contribution in [-0.4, -0.2) is 31.8 Å². The lowest BCUT2D eigenvalue weighted by Crippen LogP contribution is -2.22. The molecule has 0 bridgehead atoms. The molecule has 1 rings (SSSR count). The summed E-state index contributed by atoms with van der Waals surface area (Å²) in [7, 11) is 2.03. The summed E-state index contributed by atoms with van der Waals surface area (Å²) in [6.45, 7) is 4.40. The van der Waals surface area contributed by atoms with Gasteiger partial charge in [-0.3, -0.25) is 4.98 Å². The van der Waals surface area contributed by atoms with Crippen LogP contribution in [0.15, 0.2) is 22.9 Å². The maximum atomic E-state index is 5.28. The molecular formula is C10H15BrN2O. The third-order valence-electron chi connectivity index (χ3n) is 1.91. The lowest BCUT2D eigenvalue weighted by molar-refractivity contribution is 0.154. The molecule has 0 aromatic carbocycles. The van der Waals surface area contributed by atoms with E-state index in [0.717, 1.165) is 29.9 Å². The second-order valence-electron chi connectivity index (χ2n) is 2.98. The zero-order chi connectivity index (χ0) is 10.4. The van der Waals surface area contributed by atoms with E-state index in [1.807, 2.05) is 26.2 Å². The van der Waals surface area contributed by atoms with Crippen LogP contribution >= 0.6 is 15.9 Å². The maximum Gasteiger partial charge on any atom is 0.0641 e. The number of hydrogen-bond acceptors (Lipinski definition) is 3. The number of ether oxygens (including phenoxy) is 1. The summed E-state index contributed by atoms with van der Waals surface area (Å²) in [5.41, 5.74) is 1.10. The fraction of sp³-hybridized carbons (Fsp3) is 0.500. The predicted octanol–water partition coefficient (Wildman–Crippen LogP) is 2.32. The Morgan fingerprint density at radius 2 is 2.29 bits per heavy atom. The number of halogens is 1. The number of rotatable bonds is 5. The predicted molar refractivity (Wildman–Crippen MR) is 61.7 cm³/mol. The van der Waals surface area contributed by atoms with Gasteiger partial charge in [0.2, 0.25) is 0 Å². The summed E-state index contributed by atoms with van der Waals surface area (Å²) >= 11 is 3.39. The average molecular weight is 259 g/mol. The van der Waals surface area contributed by atoms with Gasteiger partial charge in [-0.15, -0.1) is 0 Å². The molecule has 1 aromatic heterocycles. The second kappa shape index (κ2) is 5.98. The molecule has 14 heavy (non-hydrogen) atoms. The molecule has 0 atom stereocenters. The van der Waals surface area contributed by atoms with E-state index in [2.05, 4.69) is 25.8 Å². The van der Waals surface area contributed by atoms with Crippen LogP contribution in [0.5, 0.6) is 0 Å². The van der Waals surface area contributed by atoms with Crippen LogP contribution in [0.4, 0.5) is 5.69 Å². The monoisotopic (exact) mass is 258 g/mol. The Balaban J connectivity index is 2.47. The lowest BCUT2D eigenvalue weighted by atomic mass is 10.4. The van der Waals surface area contributed by atoms with Gasteiger partial charge in [0, 0.05) is 30.9 Å². The van der Waals surface area contributed by atoms with Gasteiger partial charge < -0.3 is 9.64 Å². The first-order valence-electron chi connectivity index (χ1n) is 4.63. The molecule has 3 nitrogen and oxygen atoms in total. The molecule has 0 aliphatic heterocycles. The normalized spacial score (nSPS) is 10.2. The van der Waals surface area contributed by atoms with Crippen molar-refractivity contribution in [1.82, 2.24) is 4.98 Å². The van der Waals surface area contributed by atoms with E-state index in [4.69, 9.17) is 4.74 Å². The van der Waals surface area contributed by atoms with Crippen LogP contribution < -0.4 is 4.90 Å². The van der Waals surface area contributed by atoms with Crippen molar-refractivity contribution in [2.24, 2.45) is 0 Å². The van der Waals surface area contributed by atoms with Crippen LogP contribution in [0, 0.1) is 0 Å². The minimum absolute atomic E-state index is 0.750. The Morgan fingerprint density at radius 1 is 1.50 bits per heavy atom. The molecule has 0 saturated carbocycles. The van der Waals surface area contributed by atoms with E-state index in [0.29, 0.717) is 0 Å². The number of nitrogens with zero attached hydrogens (tertiary/aromatic N) is 2. The first kappa shape index (κ1) is 11.5. The smallest absolute Gasteiger partial charge is 0.0641 e. The molecule has 1 aromatic rings. The average Bonchev–Trinajstić information content (AvgIpc) is 2.18. The van der Waals surface area contributed by atoms with Crippen molar-refractivity contribution in [3.8, 4) is 0 Å². The summed E-state index contributed by atoms with van der Waals surface area (Å²) < 4.78 is 6.28. The molecule has 0 fully saturated rings. The van der Waals surface area contributed by atoms with Gasteiger partial charge in [0.05, 0.1) is 18.5 Å². The van der Waals surface area contributed by atoms with Crippen LogP contribution in [0.3, 0.4) is 0 Å². The minimum atomic E-state index is 0.750. The highest BCUT2D eigenvalue weighted by atomic mass is 79.9. The summed E-state index contributed by atoms with van der Waals surface area (Å²) in [6.07, 6.45) is 3.62. The molecule has 0 unspecified atom stereocenters. The fourth-order valence-electron chi connectivity index (χ4n) is 1.08. The Morgan fingerprint density at radius 3 is 2.93 bits per heavy atom. The highest BCUT2D eigenvalue weighted by molar-refractivity contribution is 9.10. The molecule has 1 heterocycles. The van der Waals surface area contributed by atoms with E-state index in [1.54, 1.807) is 6.20 Å². The molecular weight excluding hydrogens is 244 g/mol. The van der Waals surface area contributed by atoms with Crippen molar-refractivity contribution >= 4 is 21.6 Å². The van der Waals surface area contributed by atoms with Crippen molar-refractivity contribution in [3.05, 3.63) is 22.9 Å². The Bertz CT molecular complexity index is 281. The highest BCUT2D eigenvalue weighted by Gasteiger charge is 2.00. The highest BCUT2D eigenvalue weighted by Crippen LogP contribution is 2.16. The first-order valence-corrected chi connectivity index (χ1v) is 5.42. The van der Waals surface area contributed by atoms with Crippen molar-refractivity contribution in [2.45, 2.75) is 6.92 Å². The standard InChI is InChI=1S/C10H15BrN2O/c1-3-14-5-4-13(2)10-6-9(11)7-12-8-10/h6-8H,3-5H2,1-2H3. The Hall–Kier alpha value is -0.610. The minimum Gasteiger partial charge on any atom is -0.380 e. The van der Waals surface area contributed by atoms with Gasteiger partial charge >= 0.3 is 0 Å². The molecule has 0 saturated heterocycles. The van der Waals surface area contributed by atoms with Gasteiger partial charge in [0.15, 0.2) is 0 Å². The summed E-state index contributed by atoms with van der Waals surface area (Å²) in [6, 6.07) is 2.04. The number of aromatic nitrogens is 1. The third kappa shape index (κ3) is 3.64. The number of pyridine rings is 1. The quantitative estimate of drug-likeness (QED) is 0.759. The first-order chi connectivity index (χ1) is 6.74. The van der Waals surface area contributed by atoms with Crippen LogP contribution in [0.25, 0.3) is 0 Å². The fourth-order valence-corrected chi connectivity index (χ4v) is 1.44. The van der Waals surface area contributed by atoms with E-state index in [1.165, 1.54) is 0 Å². The molecule has 4 heteroatoms. The van der Waals surface area contributed by atoms with Gasteiger partial charge in [-0.05, 0) is 28.9 Å². The van der Waals surface area contributed by atoms with E-state index in [-0.39, 0.29) is 0 Å². The molecule has 0 amide bonds. The van der Waals surface area contributed by atoms with Gasteiger partial charge in [0.1, 0.15) is 0 Å². The van der Waals surface area contributed by atoms with Crippen molar-refractivity contribution in [1.29, 1.82) is 0 Å². The number of anilines is 1. The van der Waals surface area contributed by atoms with Gasteiger partial charge in [-0.1, -0.05) is 0 Å².